The van der Waals surface area contributed by atoms with E-state index in [2.05, 4.69) is 17.6 Å². The van der Waals surface area contributed by atoms with Crippen LogP contribution in [-0.4, -0.2) is 35.5 Å². The van der Waals surface area contributed by atoms with Crippen molar-refractivity contribution in [1.82, 2.24) is 10.2 Å². The van der Waals surface area contributed by atoms with Crippen LogP contribution < -0.4 is 10.6 Å². The van der Waals surface area contributed by atoms with Gasteiger partial charge in [0.1, 0.15) is 0 Å². The number of carbonyl (C=O) groups is 2. The molecule has 1 amide bonds. The molecular weight excluding hydrogens is 374 g/mol. The van der Waals surface area contributed by atoms with Crippen LogP contribution in [0.3, 0.4) is 0 Å². The summed E-state index contributed by atoms with van der Waals surface area (Å²) in [6.45, 7) is 6.72. The normalized spacial score (nSPS) is 16.6. The number of esters is 1. The van der Waals surface area contributed by atoms with Crippen LogP contribution in [0.25, 0.3) is 0 Å². The Labute approximate surface area is 172 Å². The molecule has 1 aliphatic rings. The van der Waals surface area contributed by atoms with Gasteiger partial charge in [-0.3, -0.25) is 4.79 Å². The summed E-state index contributed by atoms with van der Waals surface area (Å²) in [7, 11) is 1.39. The van der Waals surface area contributed by atoms with E-state index in [1.54, 1.807) is 0 Å². The molecule has 0 saturated carbocycles. The highest BCUT2D eigenvalue weighted by Gasteiger charge is 2.34. The van der Waals surface area contributed by atoms with Crippen molar-refractivity contribution in [2.75, 3.05) is 19.0 Å². The average Bonchev–Trinajstić information content (AvgIpc) is 2.71. The fourth-order valence-corrected chi connectivity index (χ4v) is 3.70. The van der Waals surface area contributed by atoms with Gasteiger partial charge in [-0.25, -0.2) is 4.79 Å². The summed E-state index contributed by atoms with van der Waals surface area (Å²) in [6.07, 6.45) is 3.03. The van der Waals surface area contributed by atoms with E-state index in [4.69, 9.17) is 17.0 Å². The second kappa shape index (κ2) is 10.2. The summed E-state index contributed by atoms with van der Waals surface area (Å²) < 4.78 is 5.05. The number of nitrogens with one attached hydrogen (secondary N) is 2. The number of anilines is 1. The van der Waals surface area contributed by atoms with Gasteiger partial charge in [0.25, 0.3) is 0 Å². The van der Waals surface area contributed by atoms with Crippen LogP contribution in [0.15, 0.2) is 35.5 Å². The molecule has 1 unspecified atom stereocenters. The van der Waals surface area contributed by atoms with Gasteiger partial charge >= 0.3 is 5.97 Å². The fourth-order valence-electron chi connectivity index (χ4n) is 3.34. The van der Waals surface area contributed by atoms with Crippen molar-refractivity contribution in [2.24, 2.45) is 0 Å². The van der Waals surface area contributed by atoms with E-state index in [0.717, 1.165) is 29.8 Å². The van der Waals surface area contributed by atoms with Crippen molar-refractivity contribution in [3.63, 3.8) is 0 Å². The van der Waals surface area contributed by atoms with Crippen LogP contribution in [0.1, 0.15) is 58.1 Å². The number of hydrogen-bond donors (Lipinski definition) is 2. The van der Waals surface area contributed by atoms with Crippen LogP contribution >= 0.6 is 12.2 Å². The number of amides is 1. The van der Waals surface area contributed by atoms with Crippen molar-refractivity contribution < 1.29 is 14.3 Å². The predicted molar refractivity (Wildman–Crippen MR) is 115 cm³/mol. The lowest BCUT2D eigenvalue weighted by atomic mass is 9.93. The Morgan fingerprint density at radius 1 is 1.21 bits per heavy atom. The van der Waals surface area contributed by atoms with Gasteiger partial charge in [-0.15, -0.1) is 0 Å². The van der Waals surface area contributed by atoms with E-state index >= 15 is 0 Å². The minimum atomic E-state index is -0.387. The van der Waals surface area contributed by atoms with Gasteiger partial charge < -0.3 is 20.3 Å². The first-order valence-electron chi connectivity index (χ1n) is 9.75. The molecule has 1 aliphatic heterocycles. The molecule has 7 heteroatoms. The average molecular weight is 404 g/mol. The molecule has 152 valence electrons. The summed E-state index contributed by atoms with van der Waals surface area (Å²) in [6, 6.07) is 7.09. The molecule has 28 heavy (non-hydrogen) atoms. The lowest BCUT2D eigenvalue weighted by Crippen LogP contribution is -2.48. The first kappa shape index (κ1) is 21.9. The van der Waals surface area contributed by atoms with Crippen molar-refractivity contribution in [1.29, 1.82) is 0 Å². The van der Waals surface area contributed by atoms with Crippen molar-refractivity contribution in [2.45, 2.75) is 52.5 Å². The number of hydrogen-bond acceptors (Lipinski definition) is 4. The van der Waals surface area contributed by atoms with Gasteiger partial charge in [-0.1, -0.05) is 32.4 Å². The monoisotopic (exact) mass is 403 g/mol. The third-order valence-corrected chi connectivity index (χ3v) is 5.12. The summed E-state index contributed by atoms with van der Waals surface area (Å²) >= 11 is 5.52. The Morgan fingerprint density at radius 2 is 1.89 bits per heavy atom. The molecule has 1 atom stereocenters. The molecule has 0 fully saturated rings. The number of ether oxygens (including phenoxy) is 1. The van der Waals surface area contributed by atoms with E-state index < -0.39 is 0 Å². The smallest absolute Gasteiger partial charge is 0.337 e. The summed E-state index contributed by atoms with van der Waals surface area (Å²) in [5.41, 5.74) is 3.06. The molecule has 0 radical (unpaired) electrons. The molecule has 2 N–H and O–H groups in total. The lowest BCUT2D eigenvalue weighted by molar-refractivity contribution is -0.136. The Kier molecular flexibility index (Phi) is 7.99. The van der Waals surface area contributed by atoms with Crippen molar-refractivity contribution >= 4 is 34.9 Å². The SMILES string of the molecule is CCCCC(=O)Nc1ccc(C2NC(=S)N(CC)C(CC)=C2C(=O)OC)cc1. The second-order valence-corrected chi connectivity index (χ2v) is 6.99. The van der Waals surface area contributed by atoms with Crippen molar-refractivity contribution in [3.05, 3.63) is 41.1 Å². The Balaban J connectivity index is 2.32. The van der Waals surface area contributed by atoms with Gasteiger partial charge in [-0.2, -0.15) is 0 Å². The molecule has 0 spiro atoms. The molecule has 1 aromatic rings. The van der Waals surface area contributed by atoms with Gasteiger partial charge in [0.05, 0.1) is 18.7 Å². The summed E-state index contributed by atoms with van der Waals surface area (Å²) in [5, 5.41) is 6.75. The quantitative estimate of drug-likeness (QED) is 0.507. The molecule has 0 bridgehead atoms. The largest absolute Gasteiger partial charge is 0.466 e. The Bertz CT molecular complexity index is 759. The Hall–Kier alpha value is -2.41. The number of unbranched alkanes of at least 4 members (excludes halogenated alkanes) is 1. The molecule has 6 nitrogen and oxygen atoms in total. The van der Waals surface area contributed by atoms with Crippen LogP contribution in [0.5, 0.6) is 0 Å². The lowest BCUT2D eigenvalue weighted by Gasteiger charge is -2.38. The second-order valence-electron chi connectivity index (χ2n) is 6.61. The van der Waals surface area contributed by atoms with Gasteiger partial charge in [0.2, 0.25) is 5.91 Å². The third-order valence-electron chi connectivity index (χ3n) is 4.78. The minimum absolute atomic E-state index is 0.00794. The molecular formula is C21H29N3O3S. The standard InChI is InChI=1S/C21H29N3O3S/c1-5-8-9-17(25)22-15-12-10-14(11-13-15)19-18(20(26)27-4)16(6-2)24(7-3)21(28)23-19/h10-13,19H,5-9H2,1-4H3,(H,22,25)(H,23,28). The maximum absolute atomic E-state index is 12.6. The number of allylic oxidation sites excluding steroid dienone is 1. The number of carbonyl (C=O) groups excluding carboxylic acids is 2. The topological polar surface area (TPSA) is 70.7 Å². The highest BCUT2D eigenvalue weighted by Crippen LogP contribution is 2.33. The molecule has 0 saturated heterocycles. The Morgan fingerprint density at radius 3 is 2.43 bits per heavy atom. The van der Waals surface area contributed by atoms with Gasteiger partial charge in [0.15, 0.2) is 5.11 Å². The van der Waals surface area contributed by atoms with Crippen LogP contribution in [0, 0.1) is 0 Å². The molecule has 0 aromatic heterocycles. The first-order chi connectivity index (χ1) is 13.5. The van der Waals surface area contributed by atoms with Gasteiger partial charge in [-0.05, 0) is 49.7 Å². The van der Waals surface area contributed by atoms with E-state index in [0.29, 0.717) is 30.1 Å². The molecule has 1 heterocycles. The van der Waals surface area contributed by atoms with E-state index in [1.807, 2.05) is 43.0 Å². The number of rotatable bonds is 8. The number of methoxy groups -OCH3 is 1. The number of benzene rings is 1. The van der Waals surface area contributed by atoms with E-state index in [9.17, 15) is 9.59 Å². The highest BCUT2D eigenvalue weighted by atomic mass is 32.1. The summed E-state index contributed by atoms with van der Waals surface area (Å²) in [4.78, 5) is 26.4. The maximum atomic E-state index is 12.6. The molecule has 1 aromatic carbocycles. The first-order valence-corrected chi connectivity index (χ1v) is 10.2. The number of nitrogens with zero attached hydrogens (tertiary/aromatic N) is 1. The number of thiocarbonyl (C=S) groups is 1. The van der Waals surface area contributed by atoms with Gasteiger partial charge in [0, 0.05) is 24.4 Å². The third kappa shape index (κ3) is 4.90. The van der Waals surface area contributed by atoms with Crippen LogP contribution in [-0.2, 0) is 14.3 Å². The predicted octanol–water partition coefficient (Wildman–Crippen LogP) is 3.90. The molecule has 0 aliphatic carbocycles. The highest BCUT2D eigenvalue weighted by molar-refractivity contribution is 7.80. The minimum Gasteiger partial charge on any atom is -0.466 e. The zero-order valence-corrected chi connectivity index (χ0v) is 17.8. The molecule has 2 rings (SSSR count). The maximum Gasteiger partial charge on any atom is 0.337 e. The summed E-state index contributed by atoms with van der Waals surface area (Å²) in [5.74, 6) is -0.360. The van der Waals surface area contributed by atoms with E-state index in [-0.39, 0.29) is 17.9 Å². The zero-order chi connectivity index (χ0) is 20.7. The van der Waals surface area contributed by atoms with Crippen LogP contribution in [0.4, 0.5) is 5.69 Å². The van der Waals surface area contributed by atoms with Crippen molar-refractivity contribution in [3.8, 4) is 0 Å². The fraction of sp³-hybridized carbons (Fsp3) is 0.476. The zero-order valence-electron chi connectivity index (χ0n) is 17.0. The van der Waals surface area contributed by atoms with Crippen LogP contribution in [0.2, 0.25) is 0 Å². The van der Waals surface area contributed by atoms with E-state index in [1.165, 1.54) is 7.11 Å².